The zero-order chi connectivity index (χ0) is 22.5. The van der Waals surface area contributed by atoms with Crippen LogP contribution in [0.3, 0.4) is 0 Å². The van der Waals surface area contributed by atoms with E-state index >= 15 is 0 Å². The molecule has 0 bridgehead atoms. The third-order valence-corrected chi connectivity index (χ3v) is 5.75. The quantitative estimate of drug-likeness (QED) is 0.506. The number of hydrogen-bond donors (Lipinski definition) is 0. The van der Waals surface area contributed by atoms with Gasteiger partial charge < -0.3 is 18.8 Å². The molecule has 4 rings (SSSR count). The molecule has 1 atom stereocenters. The van der Waals surface area contributed by atoms with Gasteiger partial charge in [0.1, 0.15) is 23.1 Å². The van der Waals surface area contributed by atoms with Crippen LogP contribution in [-0.2, 0) is 11.2 Å². The summed E-state index contributed by atoms with van der Waals surface area (Å²) >= 11 is 5.76. The molecule has 3 aromatic rings. The van der Waals surface area contributed by atoms with E-state index in [9.17, 15) is 9.18 Å². The smallest absolute Gasteiger partial charge is 0.260 e. The van der Waals surface area contributed by atoms with E-state index in [0.717, 1.165) is 29.9 Å². The zero-order valence-electron chi connectivity index (χ0n) is 17.7. The number of rotatable bonds is 7. The lowest BCUT2D eigenvalue weighted by molar-refractivity contribution is -0.134. The minimum atomic E-state index is -0.527. The van der Waals surface area contributed by atoms with Gasteiger partial charge in [-0.05, 0) is 42.7 Å². The molecule has 0 radical (unpaired) electrons. The predicted octanol–water partition coefficient (Wildman–Crippen LogP) is 4.85. The SMILES string of the molecule is COc1cccc(Cc2cnc([C@H]3CCCN(C(=O)COc4ccc(F)c(Cl)c4)C3)o2)c1. The Morgan fingerprint density at radius 2 is 2.16 bits per heavy atom. The van der Waals surface area contributed by atoms with Gasteiger partial charge in [-0.3, -0.25) is 4.79 Å². The molecule has 1 saturated heterocycles. The number of aromatic nitrogens is 1. The van der Waals surface area contributed by atoms with Crippen LogP contribution >= 0.6 is 11.6 Å². The molecule has 6 nitrogen and oxygen atoms in total. The summed E-state index contributed by atoms with van der Waals surface area (Å²) in [6.07, 6.45) is 4.12. The van der Waals surface area contributed by atoms with Crippen LogP contribution in [0.2, 0.25) is 5.02 Å². The van der Waals surface area contributed by atoms with Crippen LogP contribution in [0.1, 0.15) is 36.0 Å². The maximum atomic E-state index is 13.3. The zero-order valence-corrected chi connectivity index (χ0v) is 18.5. The summed E-state index contributed by atoms with van der Waals surface area (Å²) in [4.78, 5) is 18.9. The number of benzene rings is 2. The van der Waals surface area contributed by atoms with E-state index in [4.69, 9.17) is 25.5 Å². The lowest BCUT2D eigenvalue weighted by Crippen LogP contribution is -2.41. The number of oxazole rings is 1. The standard InChI is InChI=1S/C24H24ClFN2O4/c1-30-18-6-2-4-16(10-18)11-20-13-27-24(32-20)17-5-3-9-28(14-17)23(29)15-31-19-7-8-22(26)21(25)12-19/h2,4,6-8,10,12-13,17H,3,5,9,11,14-15H2,1H3/t17-/m0/s1. The fourth-order valence-corrected chi connectivity index (χ4v) is 3.96. The maximum absolute atomic E-state index is 13.3. The van der Waals surface area contributed by atoms with Crippen molar-refractivity contribution in [2.45, 2.75) is 25.2 Å². The maximum Gasteiger partial charge on any atom is 0.260 e. The Kier molecular flexibility index (Phi) is 6.95. The van der Waals surface area contributed by atoms with E-state index in [1.165, 1.54) is 18.2 Å². The molecule has 8 heteroatoms. The molecule has 1 aromatic heterocycles. The molecule has 2 aromatic carbocycles. The number of piperidine rings is 1. The van der Waals surface area contributed by atoms with Crippen molar-refractivity contribution in [1.29, 1.82) is 0 Å². The predicted molar refractivity (Wildman–Crippen MR) is 118 cm³/mol. The van der Waals surface area contributed by atoms with Crippen LogP contribution in [-0.4, -0.2) is 42.6 Å². The van der Waals surface area contributed by atoms with Gasteiger partial charge in [-0.1, -0.05) is 23.7 Å². The summed E-state index contributed by atoms with van der Waals surface area (Å²) in [6.45, 7) is 1.03. The Bertz CT molecular complexity index is 1090. The van der Waals surface area contributed by atoms with Crippen molar-refractivity contribution in [3.8, 4) is 11.5 Å². The Morgan fingerprint density at radius 1 is 1.28 bits per heavy atom. The molecule has 2 heterocycles. The highest BCUT2D eigenvalue weighted by molar-refractivity contribution is 6.30. The highest BCUT2D eigenvalue weighted by Crippen LogP contribution is 2.28. The van der Waals surface area contributed by atoms with Crippen molar-refractivity contribution in [2.24, 2.45) is 0 Å². The summed E-state index contributed by atoms with van der Waals surface area (Å²) in [5, 5.41) is -0.0402. The van der Waals surface area contributed by atoms with Gasteiger partial charge >= 0.3 is 0 Å². The molecule has 1 aliphatic heterocycles. The van der Waals surface area contributed by atoms with Gasteiger partial charge in [-0.25, -0.2) is 9.37 Å². The molecule has 0 aliphatic carbocycles. The van der Waals surface area contributed by atoms with Gasteiger partial charge in [0.2, 0.25) is 0 Å². The van der Waals surface area contributed by atoms with Crippen molar-refractivity contribution < 1.29 is 23.1 Å². The number of carbonyl (C=O) groups excluding carboxylic acids is 1. The molecule has 0 N–H and O–H groups in total. The molecule has 0 unspecified atom stereocenters. The summed E-state index contributed by atoms with van der Waals surface area (Å²) in [7, 11) is 1.64. The number of hydrogen-bond acceptors (Lipinski definition) is 5. The summed E-state index contributed by atoms with van der Waals surface area (Å²) in [5.41, 5.74) is 1.07. The van der Waals surface area contributed by atoms with Crippen LogP contribution < -0.4 is 9.47 Å². The van der Waals surface area contributed by atoms with E-state index in [1.807, 2.05) is 24.3 Å². The Labute approximate surface area is 190 Å². The van der Waals surface area contributed by atoms with Gasteiger partial charge in [0.05, 0.1) is 24.2 Å². The lowest BCUT2D eigenvalue weighted by Gasteiger charge is -2.31. The molecule has 1 aliphatic rings. The van der Waals surface area contributed by atoms with Crippen LogP contribution in [0.15, 0.2) is 53.1 Å². The fraction of sp³-hybridized carbons (Fsp3) is 0.333. The average molecular weight is 459 g/mol. The first-order valence-corrected chi connectivity index (χ1v) is 10.8. The Balaban J connectivity index is 1.34. The number of likely N-dealkylation sites (tertiary alicyclic amines) is 1. The molecule has 1 amide bonds. The number of ether oxygens (including phenoxy) is 2. The largest absolute Gasteiger partial charge is 0.497 e. The van der Waals surface area contributed by atoms with Gasteiger partial charge in [-0.15, -0.1) is 0 Å². The fourth-order valence-electron chi connectivity index (χ4n) is 3.78. The Hall–Kier alpha value is -3.06. The second kappa shape index (κ2) is 10.0. The first-order chi connectivity index (χ1) is 15.5. The topological polar surface area (TPSA) is 64.8 Å². The molecule has 0 saturated carbocycles. The second-order valence-electron chi connectivity index (χ2n) is 7.74. The van der Waals surface area contributed by atoms with Crippen LogP contribution in [0.4, 0.5) is 4.39 Å². The Morgan fingerprint density at radius 3 is 2.97 bits per heavy atom. The summed E-state index contributed by atoms with van der Waals surface area (Å²) < 4.78 is 30.0. The van der Waals surface area contributed by atoms with E-state index in [-0.39, 0.29) is 23.5 Å². The average Bonchev–Trinajstić information content (AvgIpc) is 3.28. The normalized spacial score (nSPS) is 16.1. The van der Waals surface area contributed by atoms with Gasteiger partial charge in [0.15, 0.2) is 12.5 Å². The molecule has 0 spiro atoms. The van der Waals surface area contributed by atoms with E-state index in [1.54, 1.807) is 18.2 Å². The molecule has 32 heavy (non-hydrogen) atoms. The van der Waals surface area contributed by atoms with Crippen molar-refractivity contribution in [2.75, 3.05) is 26.8 Å². The first kappa shape index (κ1) is 22.1. The van der Waals surface area contributed by atoms with Crippen molar-refractivity contribution in [3.63, 3.8) is 0 Å². The van der Waals surface area contributed by atoms with Crippen LogP contribution in [0.5, 0.6) is 11.5 Å². The lowest BCUT2D eigenvalue weighted by atomic mass is 9.98. The summed E-state index contributed by atoms with van der Waals surface area (Å²) in [5.74, 6) is 1.94. The van der Waals surface area contributed by atoms with Gasteiger partial charge in [-0.2, -0.15) is 0 Å². The molecule has 1 fully saturated rings. The van der Waals surface area contributed by atoms with Crippen LogP contribution in [0.25, 0.3) is 0 Å². The number of halogens is 2. The first-order valence-electron chi connectivity index (χ1n) is 10.4. The highest BCUT2D eigenvalue weighted by atomic mass is 35.5. The number of amides is 1. The van der Waals surface area contributed by atoms with Crippen LogP contribution in [0, 0.1) is 5.82 Å². The highest BCUT2D eigenvalue weighted by Gasteiger charge is 2.28. The third-order valence-electron chi connectivity index (χ3n) is 5.46. The number of nitrogens with zero attached hydrogens (tertiary/aromatic N) is 2. The number of methoxy groups -OCH3 is 1. The number of carbonyl (C=O) groups is 1. The second-order valence-corrected chi connectivity index (χ2v) is 8.14. The van der Waals surface area contributed by atoms with E-state index in [2.05, 4.69) is 4.98 Å². The van der Waals surface area contributed by atoms with E-state index < -0.39 is 5.82 Å². The monoisotopic (exact) mass is 458 g/mol. The minimum absolute atomic E-state index is 0.0343. The third kappa shape index (κ3) is 5.40. The van der Waals surface area contributed by atoms with Crippen molar-refractivity contribution in [1.82, 2.24) is 9.88 Å². The van der Waals surface area contributed by atoms with Gasteiger partial charge in [0, 0.05) is 25.6 Å². The molecular weight excluding hydrogens is 435 g/mol. The minimum Gasteiger partial charge on any atom is -0.497 e. The molecule has 168 valence electrons. The van der Waals surface area contributed by atoms with E-state index in [0.29, 0.717) is 31.2 Å². The van der Waals surface area contributed by atoms with Crippen molar-refractivity contribution in [3.05, 3.63) is 76.7 Å². The molecular formula is C24H24ClFN2O4. The van der Waals surface area contributed by atoms with Gasteiger partial charge in [0.25, 0.3) is 5.91 Å². The van der Waals surface area contributed by atoms with Crippen molar-refractivity contribution >= 4 is 17.5 Å². The summed E-state index contributed by atoms with van der Waals surface area (Å²) in [6, 6.07) is 11.8.